The van der Waals surface area contributed by atoms with Gasteiger partial charge in [-0.05, 0) is 0 Å². The molecular formula is C4H3NO2U. The van der Waals surface area contributed by atoms with Crippen LogP contribution in [0.25, 0.3) is 4.85 Å². The molecule has 0 fully saturated rings. The number of rotatable bonds is 1. The second-order valence-corrected chi connectivity index (χ2v) is 4.39. The zero-order valence-corrected chi connectivity index (χ0v) is 8.17. The number of carboxylic acids is 1. The Morgan fingerprint density at radius 1 is 1.88 bits per heavy atom. The van der Waals surface area contributed by atoms with Gasteiger partial charge in [-0.2, -0.15) is 0 Å². The van der Waals surface area contributed by atoms with E-state index < -0.39 is 32.7 Å². The van der Waals surface area contributed by atoms with Crippen LogP contribution >= 0.6 is 0 Å². The van der Waals surface area contributed by atoms with Crippen LogP contribution in [0.4, 0.5) is 0 Å². The van der Waals surface area contributed by atoms with Crippen molar-refractivity contribution in [3.63, 3.8) is 0 Å². The molecule has 3 nitrogen and oxygen atoms in total. The molecular weight excluding hydrogens is 332 g/mol. The van der Waals surface area contributed by atoms with Gasteiger partial charge in [-0.1, -0.05) is 0 Å². The average Bonchev–Trinajstić information content (AvgIpc) is 1.69. The van der Waals surface area contributed by atoms with Gasteiger partial charge >= 0.3 is 60.2 Å². The Hall–Kier alpha value is -0.248. The quantitative estimate of drug-likeness (QED) is 0.665. The molecule has 0 aliphatic rings. The monoisotopic (exact) mass is 335 g/mol. The van der Waals surface area contributed by atoms with E-state index in [-0.39, 0.29) is 2.65 Å². The molecule has 1 N–H and O–H groups in total. The van der Waals surface area contributed by atoms with Crippen LogP contribution in [0.3, 0.4) is 0 Å². The van der Waals surface area contributed by atoms with Crippen molar-refractivity contribution in [1.29, 1.82) is 0 Å². The van der Waals surface area contributed by atoms with E-state index in [1.165, 1.54) is 0 Å². The Labute approximate surface area is 60.1 Å². The summed E-state index contributed by atoms with van der Waals surface area (Å²) in [4.78, 5) is 12.7. The van der Waals surface area contributed by atoms with Crippen molar-refractivity contribution in [3.8, 4) is 0 Å². The Kier molecular flexibility index (Phi) is 3.60. The molecule has 0 aromatic heterocycles. The first-order valence-corrected chi connectivity index (χ1v) is 6.75. The van der Waals surface area contributed by atoms with Crippen LogP contribution in [-0.4, -0.2) is 17.3 Å². The molecule has 0 amide bonds. The third kappa shape index (κ3) is 2.16. The molecule has 4 heteroatoms. The summed E-state index contributed by atoms with van der Waals surface area (Å²) in [6, 6.07) is 0. The van der Waals surface area contributed by atoms with Crippen molar-refractivity contribution < 1.29 is 36.6 Å². The molecule has 0 aliphatic carbocycles. The minimum atomic E-state index is -1.54. The fraction of sp³-hybridized carbons (Fsp3) is 0. The third-order valence-electron chi connectivity index (χ3n) is 0.482. The Balaban J connectivity index is 4.46. The van der Waals surface area contributed by atoms with Gasteiger partial charge in [-0.15, -0.1) is 0 Å². The van der Waals surface area contributed by atoms with Gasteiger partial charge in [0.15, 0.2) is 0 Å². The zero-order valence-electron chi connectivity index (χ0n) is 4.01. The second kappa shape index (κ2) is 3.72. The topological polar surface area (TPSA) is 41.7 Å². The van der Waals surface area contributed by atoms with Crippen molar-refractivity contribution in [2.75, 3.05) is 0 Å². The van der Waals surface area contributed by atoms with Gasteiger partial charge in [0.25, 0.3) is 0 Å². The minimum absolute atomic E-state index is 0.00841. The van der Waals surface area contributed by atoms with Gasteiger partial charge in [0.2, 0.25) is 0 Å². The van der Waals surface area contributed by atoms with Crippen LogP contribution in [0.2, 0.25) is 0 Å². The standard InChI is InChI=1S/C3HNO2.CH2.U/c1-4-2-3(5)6;;/h(H,5,6);1H2;. The fourth-order valence-corrected chi connectivity index (χ4v) is 1.12. The summed E-state index contributed by atoms with van der Waals surface area (Å²) in [5.74, 6) is -1.08. The summed E-state index contributed by atoms with van der Waals surface area (Å²) in [6.45, 7) is 6.31. The van der Waals surface area contributed by atoms with Crippen molar-refractivity contribution in [1.82, 2.24) is 0 Å². The number of hydrogen-bond acceptors (Lipinski definition) is 1. The first-order chi connectivity index (χ1) is 3.72. The Bertz CT molecular complexity index is 197. The predicted octanol–water partition coefficient (Wildman–Crippen LogP) is -0.363. The molecule has 0 unspecified atom stereocenters. The molecule has 8 heavy (non-hydrogen) atoms. The summed E-state index contributed by atoms with van der Waals surface area (Å²) in [6.07, 6.45) is 0. The molecule has 0 radical (unpaired) electrons. The zero-order chi connectivity index (χ0) is 6.57. The SMILES string of the molecule is [C-]#[N+][C](=[U]=[CH2])C(=O)O. The molecule has 0 saturated carbocycles. The normalized spacial score (nSPS) is 6.38. The summed E-state index contributed by atoms with van der Waals surface area (Å²) in [5.41, 5.74) is 0. The van der Waals surface area contributed by atoms with Crippen LogP contribution in [0.1, 0.15) is 0 Å². The van der Waals surface area contributed by atoms with E-state index in [1.54, 1.807) is 0 Å². The molecule has 0 aliphatic heterocycles. The molecule has 0 saturated heterocycles. The van der Waals surface area contributed by atoms with Crippen LogP contribution in [0, 0.1) is 33.3 Å². The van der Waals surface area contributed by atoms with Gasteiger partial charge in [0.05, 0.1) is 0 Å². The molecule has 0 atom stereocenters. The summed E-state index contributed by atoms with van der Waals surface area (Å²) in [7, 11) is 0. The van der Waals surface area contributed by atoms with E-state index in [0.717, 1.165) is 0 Å². The van der Waals surface area contributed by atoms with Crippen LogP contribution in [0.15, 0.2) is 0 Å². The van der Waals surface area contributed by atoms with E-state index in [9.17, 15) is 4.79 Å². The van der Waals surface area contributed by atoms with E-state index >= 15 is 0 Å². The Morgan fingerprint density at radius 2 is 2.38 bits per heavy atom. The molecule has 40 valence electrons. The van der Waals surface area contributed by atoms with Crippen LogP contribution in [-0.2, 0) is 4.79 Å². The van der Waals surface area contributed by atoms with E-state index in [4.69, 9.17) is 11.7 Å². The van der Waals surface area contributed by atoms with Crippen molar-refractivity contribution in [2.24, 2.45) is 0 Å². The first-order valence-electron chi connectivity index (χ1n) is 1.73. The van der Waals surface area contributed by atoms with Gasteiger partial charge < -0.3 is 0 Å². The van der Waals surface area contributed by atoms with Gasteiger partial charge in [-0.25, -0.2) is 0 Å². The maximum absolute atomic E-state index is 9.92. The Morgan fingerprint density at radius 3 is 2.38 bits per heavy atom. The van der Waals surface area contributed by atoms with Crippen LogP contribution in [0.5, 0.6) is 0 Å². The molecule has 0 bridgehead atoms. The number of carboxylic acid groups (broad SMARTS) is 1. The van der Waals surface area contributed by atoms with Gasteiger partial charge in [-0.3, -0.25) is 0 Å². The molecule has 0 aromatic carbocycles. The molecule has 0 rings (SSSR count). The van der Waals surface area contributed by atoms with Gasteiger partial charge in [0.1, 0.15) is 0 Å². The van der Waals surface area contributed by atoms with Crippen LogP contribution < -0.4 is 0 Å². The number of nitrogens with zero attached hydrogens (tertiary/aromatic N) is 1. The third-order valence-corrected chi connectivity index (χ3v) is 3.23. The maximum atomic E-state index is 9.92. The number of carbonyl (C=O) groups is 1. The number of hydrogen-bond donors (Lipinski definition) is 1. The second-order valence-electron chi connectivity index (χ2n) is 0.942. The molecule has 0 aromatic rings. The average molecular weight is 335 g/mol. The van der Waals surface area contributed by atoms with E-state index in [0.29, 0.717) is 0 Å². The van der Waals surface area contributed by atoms with E-state index in [1.807, 2.05) is 0 Å². The fourth-order valence-electron chi connectivity index (χ4n) is 0.163. The van der Waals surface area contributed by atoms with Crippen molar-refractivity contribution >= 4 is 12.1 Å². The number of aliphatic carboxylic acids is 1. The summed E-state index contributed by atoms with van der Waals surface area (Å²) in [5, 5.41) is 8.13. The van der Waals surface area contributed by atoms with Crippen molar-refractivity contribution in [3.05, 3.63) is 11.4 Å². The molecule has 0 spiro atoms. The first kappa shape index (κ1) is 7.75. The molecule has 0 heterocycles. The van der Waals surface area contributed by atoms with Gasteiger partial charge in [0, 0.05) is 0 Å². The van der Waals surface area contributed by atoms with E-state index in [2.05, 4.69) is 8.38 Å². The summed E-state index contributed by atoms with van der Waals surface area (Å²) >= 11 is -1.54. The van der Waals surface area contributed by atoms with Crippen molar-refractivity contribution in [2.45, 2.75) is 0 Å². The predicted molar refractivity (Wildman–Crippen MR) is 26.4 cm³/mol. The summed E-state index contributed by atoms with van der Waals surface area (Å²) < 4.78 is 3.45.